The topological polar surface area (TPSA) is 625 Å². The highest BCUT2D eigenvalue weighted by Crippen LogP contribution is 2.25. The SMILES string of the molecule is CC(C)(C)C(=O)OCc1ccc(NC(=O)[C@H](CCCNC(N)=O)CC(=O)[C@H](CC(N)=O)NC(=O)CCN2C(=O)C=CC2=O)cc1.CC(C)(C)C(=O)OCc1ccc(NC(=O)[C@H](CCCNC(N)=O)CC(=O)[C@H](CCCNC(N)=O)NC(=O)CCN2C(=O)C=CC2=O)cc1.C[C@H](CC(=O)[C@H](C)NC(=O)CCN1C(=O)C=CC1=O)C(=O)Nc1ccc(COC(=O)C(C)(C)C)cc1. The van der Waals surface area contributed by atoms with Gasteiger partial charge in [0.25, 0.3) is 35.4 Å². The van der Waals surface area contributed by atoms with Crippen molar-refractivity contribution in [1.29, 1.82) is 0 Å². The number of Topliss-reactive ketones (excluding diaryl/α,β-unsaturated/α-hetero) is 3. The van der Waals surface area contributed by atoms with E-state index in [1.54, 1.807) is 142 Å². The van der Waals surface area contributed by atoms with Gasteiger partial charge in [-0.15, -0.1) is 0 Å². The molecule has 3 heterocycles. The van der Waals surface area contributed by atoms with Crippen molar-refractivity contribution in [3.63, 3.8) is 0 Å². The van der Waals surface area contributed by atoms with Gasteiger partial charge in [-0.05, 0) is 161 Å². The molecule has 700 valence electrons. The summed E-state index contributed by atoms with van der Waals surface area (Å²) in [5.74, 6) is -12.1. The summed E-state index contributed by atoms with van der Waals surface area (Å²) >= 11 is 0. The van der Waals surface area contributed by atoms with Gasteiger partial charge in [0.05, 0.1) is 40.8 Å². The summed E-state index contributed by atoms with van der Waals surface area (Å²) < 4.78 is 15.9. The second-order valence-electron chi connectivity index (χ2n) is 33.6. The highest BCUT2D eigenvalue weighted by Gasteiger charge is 2.35. The van der Waals surface area contributed by atoms with Gasteiger partial charge in [-0.2, -0.15) is 0 Å². The van der Waals surface area contributed by atoms with Gasteiger partial charge in [0.15, 0.2) is 17.3 Å². The number of hydrogen-bond acceptors (Lipinski definition) is 25. The number of nitrogens with one attached hydrogen (secondary N) is 9. The number of hydrogen-bond donors (Lipinski definition) is 13. The number of esters is 3. The second-order valence-corrected chi connectivity index (χ2v) is 33.6. The van der Waals surface area contributed by atoms with Crippen molar-refractivity contribution in [1.82, 2.24) is 46.6 Å². The summed E-state index contributed by atoms with van der Waals surface area (Å²) in [4.78, 5) is 270. The number of nitrogens with zero attached hydrogens (tertiary/aromatic N) is 3. The van der Waals surface area contributed by atoms with E-state index in [2.05, 4.69) is 47.9 Å². The number of imide groups is 3. The van der Waals surface area contributed by atoms with Gasteiger partial charge in [0.1, 0.15) is 19.8 Å². The molecule has 3 aromatic carbocycles. The van der Waals surface area contributed by atoms with Crippen LogP contribution in [0.3, 0.4) is 0 Å². The molecule has 129 heavy (non-hydrogen) atoms. The van der Waals surface area contributed by atoms with Gasteiger partial charge in [-0.3, -0.25) is 106 Å². The number of rotatable bonds is 47. The number of primary amides is 4. The Bertz CT molecular complexity index is 4640. The van der Waals surface area contributed by atoms with Gasteiger partial charge < -0.3 is 85.0 Å². The molecule has 6 rings (SSSR count). The third-order valence-corrected chi connectivity index (χ3v) is 19.3. The molecule has 0 spiro atoms. The lowest BCUT2D eigenvalue weighted by molar-refractivity contribution is -0.155. The molecule has 3 aliphatic heterocycles. The Kier molecular flexibility index (Phi) is 43.2. The summed E-state index contributed by atoms with van der Waals surface area (Å²) in [5, 5.41) is 23.1. The maximum absolute atomic E-state index is 13.6. The summed E-state index contributed by atoms with van der Waals surface area (Å²) in [6.07, 6.45) is 5.94. The number of carbonyl (C=O) groups excluding carboxylic acids is 22. The fourth-order valence-corrected chi connectivity index (χ4v) is 11.8. The largest absolute Gasteiger partial charge is 0.460 e. The zero-order valence-corrected chi connectivity index (χ0v) is 74.3. The normalized spacial score (nSPS) is 14.1. The van der Waals surface area contributed by atoms with E-state index in [0.717, 1.165) is 56.7 Å². The van der Waals surface area contributed by atoms with E-state index in [9.17, 15) is 105 Å². The lowest BCUT2D eigenvalue weighted by Crippen LogP contribution is -2.45. The maximum Gasteiger partial charge on any atom is 0.312 e. The number of carbonyl (C=O) groups is 22. The molecule has 0 unspecified atom stereocenters. The van der Waals surface area contributed by atoms with Crippen molar-refractivity contribution < 1.29 is 120 Å². The van der Waals surface area contributed by atoms with Gasteiger partial charge in [-0.25, -0.2) is 14.4 Å². The average molecular weight is 1800 g/mol. The molecule has 0 aromatic heterocycles. The van der Waals surface area contributed by atoms with Crippen molar-refractivity contribution >= 4 is 147 Å². The zero-order valence-electron chi connectivity index (χ0n) is 74.3. The number of amides is 19. The molecule has 0 radical (unpaired) electrons. The number of ether oxygens (including phenoxy) is 3. The minimum absolute atomic E-state index is 0.0445. The standard InChI is InChI=1S/C32H45N7O9.C30H40N6O9.C26H33N3O7/c1-32(2,3)29(45)48-19-20-8-10-22(11-9-20)37-28(44)21(6-4-15-35-30(33)46)18-24(40)23(7-5-16-36-31(34)47)38-25(41)14-17-39-26(42)12-13-27(39)43;1-30(2,3)28(43)45-17-18-6-8-20(9-7-18)34-27(42)19(5-4-13-33-29(32)44)15-22(37)21(16-23(31)38)35-24(39)12-14-36-25(40)10-11-26(36)41;1-16(14-20(30)17(2)27-21(31)12-13-29-22(32)10-11-23(29)33)24(34)28-19-8-6-18(7-9-19)15-36-25(35)26(3,4)5/h8-13,21,23H,4-7,14-19H2,1-3H3,(H,37,44)(H,38,41)(H3,33,35,46)(H3,34,36,47);6-11,19,21H,4-5,12-17H2,1-3H3,(H2,31,38)(H,34,42)(H,35,39)(H3,32,33,44);6-11,16-17H,12-15H2,1-5H3,(H,27,31)(H,28,34)/t21-,23+;19-,21+;16-,17+/m111/s1. The number of urea groups is 3. The summed E-state index contributed by atoms with van der Waals surface area (Å²) in [5.41, 5.74) is 22.3. The van der Waals surface area contributed by atoms with Gasteiger partial charge >= 0.3 is 36.0 Å². The average Bonchev–Trinajstić information content (AvgIpc) is 1.86. The molecule has 0 saturated heterocycles. The minimum Gasteiger partial charge on any atom is -0.460 e. The fraction of sp³-hybridized carbons (Fsp3) is 0.477. The zero-order chi connectivity index (χ0) is 96.6. The molecule has 0 fully saturated rings. The predicted octanol–water partition coefficient (Wildman–Crippen LogP) is 3.53. The highest BCUT2D eigenvalue weighted by molar-refractivity contribution is 6.14. The first-order chi connectivity index (χ1) is 60.4. The molecule has 41 nitrogen and oxygen atoms in total. The van der Waals surface area contributed by atoms with Crippen LogP contribution in [0.4, 0.5) is 31.4 Å². The molecular formula is C88H118N16O25. The summed E-state index contributed by atoms with van der Waals surface area (Å²) in [6, 6.07) is 14.5. The van der Waals surface area contributed by atoms with Crippen molar-refractivity contribution in [2.75, 3.05) is 55.2 Å². The lowest BCUT2D eigenvalue weighted by Gasteiger charge is -2.22. The number of benzene rings is 3. The summed E-state index contributed by atoms with van der Waals surface area (Å²) in [6.45, 7) is 19.1. The lowest BCUT2D eigenvalue weighted by atomic mass is 9.91. The van der Waals surface area contributed by atoms with E-state index in [0.29, 0.717) is 34.6 Å². The summed E-state index contributed by atoms with van der Waals surface area (Å²) in [7, 11) is 0. The van der Waals surface area contributed by atoms with Crippen molar-refractivity contribution in [2.24, 2.45) is 56.9 Å². The van der Waals surface area contributed by atoms with Crippen LogP contribution >= 0.6 is 0 Å². The fourth-order valence-electron chi connectivity index (χ4n) is 11.8. The smallest absolute Gasteiger partial charge is 0.312 e. The van der Waals surface area contributed by atoms with Crippen LogP contribution in [-0.4, -0.2) is 202 Å². The Morgan fingerprint density at radius 1 is 0.349 bits per heavy atom. The van der Waals surface area contributed by atoms with Crippen LogP contribution in [0.5, 0.6) is 0 Å². The van der Waals surface area contributed by atoms with Gasteiger partial charge in [0, 0.05) is 149 Å². The first-order valence-corrected chi connectivity index (χ1v) is 41.6. The number of nitrogens with two attached hydrogens (primary N) is 4. The molecular weight excluding hydrogens is 1680 g/mol. The van der Waals surface area contributed by atoms with Crippen molar-refractivity contribution in [2.45, 2.75) is 198 Å². The first kappa shape index (κ1) is 107. The predicted molar refractivity (Wildman–Crippen MR) is 465 cm³/mol. The number of anilines is 3. The van der Waals surface area contributed by atoms with Crippen LogP contribution in [-0.2, 0) is 125 Å². The van der Waals surface area contributed by atoms with E-state index in [1.165, 1.54) is 6.92 Å². The van der Waals surface area contributed by atoms with Crippen LogP contribution in [0.1, 0.15) is 176 Å². The van der Waals surface area contributed by atoms with Crippen molar-refractivity contribution in [3.8, 4) is 0 Å². The molecule has 0 saturated carbocycles. The van der Waals surface area contributed by atoms with Gasteiger partial charge in [-0.1, -0.05) is 43.3 Å². The molecule has 6 atom stereocenters. The Labute approximate surface area is 745 Å². The van der Waals surface area contributed by atoms with E-state index in [4.69, 9.17) is 37.1 Å². The first-order valence-electron chi connectivity index (χ1n) is 41.6. The molecule has 17 N–H and O–H groups in total. The van der Waals surface area contributed by atoms with E-state index < -0.39 is 159 Å². The third kappa shape index (κ3) is 40.3. The molecule has 0 aliphatic carbocycles. The van der Waals surface area contributed by atoms with Crippen LogP contribution in [0, 0.1) is 34.0 Å². The maximum atomic E-state index is 13.6. The molecule has 19 amide bonds. The van der Waals surface area contributed by atoms with Crippen LogP contribution in [0.25, 0.3) is 0 Å². The molecule has 3 aliphatic rings. The molecule has 41 heteroatoms. The second kappa shape index (κ2) is 52.1. The van der Waals surface area contributed by atoms with Crippen LogP contribution < -0.4 is 70.8 Å². The van der Waals surface area contributed by atoms with Crippen LogP contribution in [0.2, 0.25) is 0 Å². The monoisotopic (exact) mass is 1800 g/mol. The minimum atomic E-state index is -1.35. The van der Waals surface area contributed by atoms with Gasteiger partial charge in [0.2, 0.25) is 41.4 Å². The Morgan fingerprint density at radius 3 is 0.922 bits per heavy atom. The number of ketones is 3. The molecule has 3 aromatic rings. The third-order valence-electron chi connectivity index (χ3n) is 19.3. The molecule has 0 bridgehead atoms. The quantitative estimate of drug-likeness (QED) is 0.0166. The van der Waals surface area contributed by atoms with E-state index in [-0.39, 0.29) is 159 Å². The Balaban J connectivity index is 0.000000409. The van der Waals surface area contributed by atoms with Crippen LogP contribution in [0.15, 0.2) is 109 Å². The van der Waals surface area contributed by atoms with E-state index in [1.807, 2.05) is 0 Å². The Hall–Kier alpha value is -14.2. The highest BCUT2D eigenvalue weighted by atomic mass is 16.5. The van der Waals surface area contributed by atoms with Crippen molar-refractivity contribution in [3.05, 3.63) is 126 Å². The van der Waals surface area contributed by atoms with E-state index >= 15 is 0 Å². The Morgan fingerprint density at radius 2 is 0.628 bits per heavy atom.